The standard InChI is InChI=1S/C16H21NO/c1-13(2)17-12-15(11-16-9-6-10-18-16)14-7-4-3-5-8-14/h3-10,13,15,17H,11-12H2,1-2H3. The van der Waals surface area contributed by atoms with Crippen molar-refractivity contribution in [1.82, 2.24) is 5.32 Å². The highest BCUT2D eigenvalue weighted by molar-refractivity contribution is 5.21. The monoisotopic (exact) mass is 243 g/mol. The molecule has 0 saturated heterocycles. The molecule has 96 valence electrons. The fourth-order valence-corrected chi connectivity index (χ4v) is 2.08. The third-order valence-electron chi connectivity index (χ3n) is 3.07. The van der Waals surface area contributed by atoms with E-state index in [-0.39, 0.29) is 0 Å². The quantitative estimate of drug-likeness (QED) is 0.838. The van der Waals surface area contributed by atoms with Crippen LogP contribution in [-0.4, -0.2) is 12.6 Å². The molecule has 0 bridgehead atoms. The summed E-state index contributed by atoms with van der Waals surface area (Å²) in [6.07, 6.45) is 2.68. The third-order valence-corrected chi connectivity index (χ3v) is 3.07. The highest BCUT2D eigenvalue weighted by Crippen LogP contribution is 2.20. The summed E-state index contributed by atoms with van der Waals surface area (Å²) in [5.41, 5.74) is 1.36. The van der Waals surface area contributed by atoms with Gasteiger partial charge >= 0.3 is 0 Å². The van der Waals surface area contributed by atoms with Gasteiger partial charge in [-0.15, -0.1) is 0 Å². The van der Waals surface area contributed by atoms with E-state index in [0.717, 1.165) is 18.7 Å². The lowest BCUT2D eigenvalue weighted by atomic mass is 9.94. The summed E-state index contributed by atoms with van der Waals surface area (Å²) in [5, 5.41) is 3.51. The molecule has 2 rings (SSSR count). The first kappa shape index (κ1) is 12.9. The maximum absolute atomic E-state index is 5.46. The molecular formula is C16H21NO. The largest absolute Gasteiger partial charge is 0.469 e. The molecule has 0 aliphatic heterocycles. The Morgan fingerprint density at radius 1 is 1.06 bits per heavy atom. The van der Waals surface area contributed by atoms with Crippen LogP contribution in [0.4, 0.5) is 0 Å². The number of hydrogen-bond acceptors (Lipinski definition) is 2. The van der Waals surface area contributed by atoms with Gasteiger partial charge in [0.15, 0.2) is 0 Å². The number of benzene rings is 1. The molecule has 1 N–H and O–H groups in total. The Labute approximate surface area is 109 Å². The van der Waals surface area contributed by atoms with Crippen LogP contribution in [0, 0.1) is 0 Å². The number of furan rings is 1. The molecule has 2 nitrogen and oxygen atoms in total. The van der Waals surface area contributed by atoms with E-state index >= 15 is 0 Å². The highest BCUT2D eigenvalue weighted by atomic mass is 16.3. The summed E-state index contributed by atoms with van der Waals surface area (Å²) < 4.78 is 5.46. The van der Waals surface area contributed by atoms with Crippen molar-refractivity contribution in [3.63, 3.8) is 0 Å². The highest BCUT2D eigenvalue weighted by Gasteiger charge is 2.13. The summed E-state index contributed by atoms with van der Waals surface area (Å²) in [6, 6.07) is 15.1. The Bertz CT molecular complexity index is 433. The zero-order chi connectivity index (χ0) is 12.8. The smallest absolute Gasteiger partial charge is 0.104 e. The second-order valence-corrected chi connectivity index (χ2v) is 4.95. The second kappa shape index (κ2) is 6.41. The van der Waals surface area contributed by atoms with Crippen molar-refractivity contribution >= 4 is 0 Å². The van der Waals surface area contributed by atoms with E-state index in [4.69, 9.17) is 4.42 Å². The molecule has 1 heterocycles. The van der Waals surface area contributed by atoms with Crippen LogP contribution in [0.3, 0.4) is 0 Å². The molecule has 0 fully saturated rings. The van der Waals surface area contributed by atoms with E-state index < -0.39 is 0 Å². The predicted molar refractivity (Wildman–Crippen MR) is 74.7 cm³/mol. The first-order chi connectivity index (χ1) is 8.75. The first-order valence-corrected chi connectivity index (χ1v) is 6.56. The van der Waals surface area contributed by atoms with E-state index in [0.29, 0.717) is 12.0 Å². The molecule has 1 atom stereocenters. The first-order valence-electron chi connectivity index (χ1n) is 6.56. The van der Waals surface area contributed by atoms with Crippen LogP contribution in [-0.2, 0) is 6.42 Å². The van der Waals surface area contributed by atoms with Crippen molar-refractivity contribution in [3.8, 4) is 0 Å². The van der Waals surface area contributed by atoms with E-state index in [1.807, 2.05) is 12.1 Å². The van der Waals surface area contributed by atoms with Gasteiger partial charge in [0.25, 0.3) is 0 Å². The van der Waals surface area contributed by atoms with E-state index in [1.54, 1.807) is 6.26 Å². The molecule has 0 radical (unpaired) electrons. The molecule has 18 heavy (non-hydrogen) atoms. The van der Waals surface area contributed by atoms with Crippen LogP contribution in [0.25, 0.3) is 0 Å². The van der Waals surface area contributed by atoms with Crippen LogP contribution in [0.5, 0.6) is 0 Å². The Morgan fingerprint density at radius 2 is 1.83 bits per heavy atom. The normalized spacial score (nSPS) is 12.8. The second-order valence-electron chi connectivity index (χ2n) is 4.95. The lowest BCUT2D eigenvalue weighted by Crippen LogP contribution is -2.28. The minimum absolute atomic E-state index is 0.458. The van der Waals surface area contributed by atoms with Gasteiger partial charge in [-0.1, -0.05) is 44.2 Å². The summed E-state index contributed by atoms with van der Waals surface area (Å²) in [6.45, 7) is 5.33. The Morgan fingerprint density at radius 3 is 2.44 bits per heavy atom. The van der Waals surface area contributed by atoms with Crippen molar-refractivity contribution in [1.29, 1.82) is 0 Å². The molecule has 0 amide bonds. The lowest BCUT2D eigenvalue weighted by molar-refractivity contribution is 0.461. The molecule has 1 unspecified atom stereocenters. The van der Waals surface area contributed by atoms with Crippen molar-refractivity contribution in [2.45, 2.75) is 32.2 Å². The van der Waals surface area contributed by atoms with Crippen LogP contribution in [0.15, 0.2) is 53.1 Å². The Balaban J connectivity index is 2.07. The molecule has 1 aromatic heterocycles. The van der Waals surface area contributed by atoms with Gasteiger partial charge in [-0.25, -0.2) is 0 Å². The molecule has 0 spiro atoms. The number of hydrogen-bond donors (Lipinski definition) is 1. The van der Waals surface area contributed by atoms with Crippen molar-refractivity contribution in [2.24, 2.45) is 0 Å². The van der Waals surface area contributed by atoms with Crippen LogP contribution in [0.2, 0.25) is 0 Å². The summed E-state index contributed by atoms with van der Waals surface area (Å²) >= 11 is 0. The molecule has 0 aliphatic carbocycles. The van der Waals surface area contributed by atoms with E-state index in [1.165, 1.54) is 5.56 Å². The van der Waals surface area contributed by atoms with Gasteiger partial charge in [0, 0.05) is 24.9 Å². The fraction of sp³-hybridized carbons (Fsp3) is 0.375. The summed E-state index contributed by atoms with van der Waals surface area (Å²) in [4.78, 5) is 0. The number of rotatable bonds is 6. The maximum Gasteiger partial charge on any atom is 0.104 e. The minimum atomic E-state index is 0.458. The van der Waals surface area contributed by atoms with Crippen LogP contribution >= 0.6 is 0 Å². The molecule has 2 heteroatoms. The summed E-state index contributed by atoms with van der Waals surface area (Å²) in [7, 11) is 0. The fourth-order valence-electron chi connectivity index (χ4n) is 2.08. The topological polar surface area (TPSA) is 25.2 Å². The van der Waals surface area contributed by atoms with Gasteiger partial charge in [-0.3, -0.25) is 0 Å². The average Bonchev–Trinajstić information content (AvgIpc) is 2.88. The Hall–Kier alpha value is -1.54. The zero-order valence-corrected chi connectivity index (χ0v) is 11.1. The lowest BCUT2D eigenvalue weighted by Gasteiger charge is -2.18. The zero-order valence-electron chi connectivity index (χ0n) is 11.1. The predicted octanol–water partition coefficient (Wildman–Crippen LogP) is 3.60. The minimum Gasteiger partial charge on any atom is -0.469 e. The van der Waals surface area contributed by atoms with E-state index in [9.17, 15) is 0 Å². The average molecular weight is 243 g/mol. The van der Waals surface area contributed by atoms with Gasteiger partial charge in [-0.2, -0.15) is 0 Å². The third kappa shape index (κ3) is 3.74. The Kier molecular flexibility index (Phi) is 4.59. The van der Waals surface area contributed by atoms with Gasteiger partial charge in [0.2, 0.25) is 0 Å². The van der Waals surface area contributed by atoms with Crippen LogP contribution < -0.4 is 5.32 Å². The molecular weight excluding hydrogens is 222 g/mol. The number of nitrogens with one attached hydrogen (secondary N) is 1. The van der Waals surface area contributed by atoms with Crippen molar-refractivity contribution in [3.05, 3.63) is 60.1 Å². The molecule has 1 aromatic carbocycles. The molecule has 0 saturated carbocycles. The summed E-state index contributed by atoms with van der Waals surface area (Å²) in [5.74, 6) is 1.51. The van der Waals surface area contributed by atoms with Crippen molar-refractivity contribution in [2.75, 3.05) is 6.54 Å². The van der Waals surface area contributed by atoms with Crippen LogP contribution in [0.1, 0.15) is 31.1 Å². The molecule has 0 aliphatic rings. The molecule has 2 aromatic rings. The van der Waals surface area contributed by atoms with E-state index in [2.05, 4.69) is 49.5 Å². The van der Waals surface area contributed by atoms with Crippen molar-refractivity contribution < 1.29 is 4.42 Å². The SMILES string of the molecule is CC(C)NCC(Cc1ccco1)c1ccccc1. The maximum atomic E-state index is 5.46. The van der Waals surface area contributed by atoms with Gasteiger partial charge in [-0.05, 0) is 17.7 Å². The van der Waals surface area contributed by atoms with Gasteiger partial charge in [0.05, 0.1) is 6.26 Å². The van der Waals surface area contributed by atoms with Gasteiger partial charge in [0.1, 0.15) is 5.76 Å². The van der Waals surface area contributed by atoms with Gasteiger partial charge < -0.3 is 9.73 Å².